The molecule has 0 spiro atoms. The summed E-state index contributed by atoms with van der Waals surface area (Å²) in [6.07, 6.45) is 1.58. The number of aryl methyl sites for hydroxylation is 1. The molecule has 2 heterocycles. The summed E-state index contributed by atoms with van der Waals surface area (Å²) in [5.41, 5.74) is 11.1. The maximum Gasteiger partial charge on any atom is 0.141 e. The van der Waals surface area contributed by atoms with E-state index in [1.807, 2.05) is 24.3 Å². The number of rotatable bonds is 3. The molecule has 0 unspecified atom stereocenters. The van der Waals surface area contributed by atoms with Crippen molar-refractivity contribution in [1.29, 1.82) is 0 Å². The number of hydrogen-bond acceptors (Lipinski definition) is 6. The van der Waals surface area contributed by atoms with Crippen LogP contribution in [0.5, 0.6) is 0 Å². The number of anilines is 4. The molecule has 0 aliphatic carbocycles. The Kier molecular flexibility index (Phi) is 4.11. The highest BCUT2D eigenvalue weighted by Crippen LogP contribution is 2.32. The number of fused-ring (bicyclic) bond motifs is 1. The molecule has 3 aromatic rings. The summed E-state index contributed by atoms with van der Waals surface area (Å²) >= 11 is 0. The van der Waals surface area contributed by atoms with Crippen molar-refractivity contribution in [2.45, 2.75) is 6.92 Å². The normalized spacial score (nSPS) is 14.7. The lowest BCUT2D eigenvalue weighted by atomic mass is 10.1. The van der Waals surface area contributed by atoms with E-state index in [2.05, 4.69) is 39.2 Å². The Labute approximate surface area is 146 Å². The minimum absolute atomic E-state index is 0.724. The molecule has 1 aliphatic rings. The molecule has 3 N–H and O–H groups in total. The van der Waals surface area contributed by atoms with Crippen molar-refractivity contribution in [2.24, 2.45) is 0 Å². The molecule has 6 heteroatoms. The molecule has 0 atom stereocenters. The van der Waals surface area contributed by atoms with Gasteiger partial charge >= 0.3 is 0 Å². The lowest BCUT2D eigenvalue weighted by molar-refractivity contribution is 0.123. The molecule has 1 aliphatic heterocycles. The monoisotopic (exact) mass is 335 g/mol. The zero-order chi connectivity index (χ0) is 17.2. The van der Waals surface area contributed by atoms with Gasteiger partial charge in [0.05, 0.1) is 30.1 Å². The Hall–Kier alpha value is -2.86. The number of nitrogen functional groups attached to an aromatic ring is 1. The summed E-state index contributed by atoms with van der Waals surface area (Å²) in [5.74, 6) is 0.760. The summed E-state index contributed by atoms with van der Waals surface area (Å²) in [5, 5.41) is 4.29. The highest BCUT2D eigenvalue weighted by atomic mass is 16.5. The van der Waals surface area contributed by atoms with E-state index in [-0.39, 0.29) is 0 Å². The van der Waals surface area contributed by atoms with E-state index in [1.165, 1.54) is 5.56 Å². The van der Waals surface area contributed by atoms with Gasteiger partial charge in [0.2, 0.25) is 0 Å². The molecule has 1 saturated heterocycles. The van der Waals surface area contributed by atoms with E-state index in [0.717, 1.165) is 60.1 Å². The SMILES string of the molecule is Cc1cccc(Nc2ncnc3cc(N4CCOCC4)c(N)cc23)c1. The minimum Gasteiger partial charge on any atom is -0.397 e. The molecule has 1 fully saturated rings. The largest absolute Gasteiger partial charge is 0.397 e. The van der Waals surface area contributed by atoms with Gasteiger partial charge in [0.25, 0.3) is 0 Å². The fourth-order valence-corrected chi connectivity index (χ4v) is 3.15. The molecule has 25 heavy (non-hydrogen) atoms. The number of ether oxygens (including phenoxy) is 1. The van der Waals surface area contributed by atoms with Crippen LogP contribution < -0.4 is 16.0 Å². The summed E-state index contributed by atoms with van der Waals surface area (Å²) in [6.45, 7) is 5.20. The number of nitrogens with two attached hydrogens (primary N) is 1. The number of aromatic nitrogens is 2. The molecule has 128 valence electrons. The first kappa shape index (κ1) is 15.7. The van der Waals surface area contributed by atoms with Crippen LogP contribution in [0, 0.1) is 6.92 Å². The van der Waals surface area contributed by atoms with Crippen LogP contribution in [0.3, 0.4) is 0 Å². The number of morpholine rings is 1. The highest BCUT2D eigenvalue weighted by Gasteiger charge is 2.16. The summed E-state index contributed by atoms with van der Waals surface area (Å²) in [4.78, 5) is 11.1. The number of hydrogen-bond donors (Lipinski definition) is 2. The fourth-order valence-electron chi connectivity index (χ4n) is 3.15. The van der Waals surface area contributed by atoms with Crippen molar-refractivity contribution in [3.05, 3.63) is 48.3 Å². The maximum atomic E-state index is 6.34. The molecular formula is C19H21N5O. The van der Waals surface area contributed by atoms with Gasteiger partial charge < -0.3 is 20.7 Å². The van der Waals surface area contributed by atoms with Crippen LogP contribution in [0.2, 0.25) is 0 Å². The van der Waals surface area contributed by atoms with Gasteiger partial charge in [-0.3, -0.25) is 0 Å². The quantitative estimate of drug-likeness (QED) is 0.716. The van der Waals surface area contributed by atoms with Crippen molar-refractivity contribution >= 4 is 33.8 Å². The predicted molar refractivity (Wildman–Crippen MR) is 101 cm³/mol. The molecule has 6 nitrogen and oxygen atoms in total. The second kappa shape index (κ2) is 6.57. The average molecular weight is 335 g/mol. The van der Waals surface area contributed by atoms with Crippen LogP contribution >= 0.6 is 0 Å². The Morgan fingerprint density at radius 1 is 1.12 bits per heavy atom. The van der Waals surface area contributed by atoms with Crippen molar-refractivity contribution in [1.82, 2.24) is 9.97 Å². The van der Waals surface area contributed by atoms with Gasteiger partial charge in [-0.1, -0.05) is 12.1 Å². The van der Waals surface area contributed by atoms with Gasteiger partial charge in [0, 0.05) is 24.2 Å². The van der Waals surface area contributed by atoms with E-state index in [0.29, 0.717) is 0 Å². The third-order valence-electron chi connectivity index (χ3n) is 4.42. The van der Waals surface area contributed by atoms with Crippen LogP contribution in [0.4, 0.5) is 22.9 Å². The topological polar surface area (TPSA) is 76.3 Å². The van der Waals surface area contributed by atoms with Gasteiger partial charge in [-0.15, -0.1) is 0 Å². The molecule has 0 saturated carbocycles. The van der Waals surface area contributed by atoms with Gasteiger partial charge in [0.15, 0.2) is 0 Å². The van der Waals surface area contributed by atoms with Crippen LogP contribution in [0.15, 0.2) is 42.7 Å². The van der Waals surface area contributed by atoms with E-state index in [4.69, 9.17) is 10.5 Å². The highest BCUT2D eigenvalue weighted by molar-refractivity contribution is 5.96. The first-order valence-electron chi connectivity index (χ1n) is 8.41. The standard InChI is InChI=1S/C19H21N5O/c1-13-3-2-4-14(9-13)23-19-15-10-16(20)18(11-17(15)21-12-22-19)24-5-7-25-8-6-24/h2-4,9-12H,5-8,20H2,1H3,(H,21,22,23). The smallest absolute Gasteiger partial charge is 0.141 e. The lowest BCUT2D eigenvalue weighted by Crippen LogP contribution is -2.36. The van der Waals surface area contributed by atoms with Crippen molar-refractivity contribution < 1.29 is 4.74 Å². The number of benzene rings is 2. The lowest BCUT2D eigenvalue weighted by Gasteiger charge is -2.30. The first-order chi connectivity index (χ1) is 12.2. The minimum atomic E-state index is 0.724. The molecule has 1 aromatic heterocycles. The van der Waals surface area contributed by atoms with Crippen LogP contribution in [-0.2, 0) is 4.74 Å². The zero-order valence-corrected chi connectivity index (χ0v) is 14.2. The molecule has 0 bridgehead atoms. The van der Waals surface area contributed by atoms with E-state index in [9.17, 15) is 0 Å². The summed E-state index contributed by atoms with van der Waals surface area (Å²) in [6, 6.07) is 12.2. The Morgan fingerprint density at radius 2 is 1.96 bits per heavy atom. The van der Waals surface area contributed by atoms with Crippen LogP contribution in [-0.4, -0.2) is 36.3 Å². The Morgan fingerprint density at radius 3 is 2.76 bits per heavy atom. The van der Waals surface area contributed by atoms with Gasteiger partial charge in [-0.2, -0.15) is 0 Å². The van der Waals surface area contributed by atoms with Crippen LogP contribution in [0.1, 0.15) is 5.56 Å². The van der Waals surface area contributed by atoms with E-state index >= 15 is 0 Å². The van der Waals surface area contributed by atoms with E-state index < -0.39 is 0 Å². The summed E-state index contributed by atoms with van der Waals surface area (Å²) in [7, 11) is 0. The van der Waals surface area contributed by atoms with E-state index in [1.54, 1.807) is 6.33 Å². The Bertz CT molecular complexity index is 905. The predicted octanol–water partition coefficient (Wildman–Crippen LogP) is 3.10. The van der Waals surface area contributed by atoms with Crippen LogP contribution in [0.25, 0.3) is 10.9 Å². The second-order valence-corrected chi connectivity index (χ2v) is 6.24. The third-order valence-corrected chi connectivity index (χ3v) is 4.42. The zero-order valence-electron chi connectivity index (χ0n) is 14.2. The molecule has 0 amide bonds. The van der Waals surface area contributed by atoms with Gasteiger partial charge in [-0.25, -0.2) is 9.97 Å². The average Bonchev–Trinajstić information content (AvgIpc) is 2.63. The van der Waals surface area contributed by atoms with Crippen molar-refractivity contribution in [3.63, 3.8) is 0 Å². The molecule has 0 radical (unpaired) electrons. The fraction of sp³-hybridized carbons (Fsp3) is 0.263. The first-order valence-corrected chi connectivity index (χ1v) is 8.41. The number of nitrogens with zero attached hydrogens (tertiary/aromatic N) is 3. The molecule has 2 aromatic carbocycles. The molecular weight excluding hydrogens is 314 g/mol. The van der Waals surface area contributed by atoms with Crippen molar-refractivity contribution in [3.8, 4) is 0 Å². The Balaban J connectivity index is 1.73. The number of nitrogens with one attached hydrogen (secondary N) is 1. The third kappa shape index (κ3) is 3.21. The summed E-state index contributed by atoms with van der Waals surface area (Å²) < 4.78 is 5.43. The van der Waals surface area contributed by atoms with Crippen molar-refractivity contribution in [2.75, 3.05) is 42.3 Å². The second-order valence-electron chi connectivity index (χ2n) is 6.24. The van der Waals surface area contributed by atoms with Gasteiger partial charge in [0.1, 0.15) is 12.1 Å². The maximum absolute atomic E-state index is 6.34. The van der Waals surface area contributed by atoms with Gasteiger partial charge in [-0.05, 0) is 36.8 Å². The molecule has 4 rings (SSSR count).